The molecule has 0 bridgehead atoms. The van der Waals surface area contributed by atoms with Gasteiger partial charge in [-0.25, -0.2) is 0 Å². The molecule has 0 saturated carbocycles. The number of ether oxygens (including phenoxy) is 2. The second kappa shape index (κ2) is 9.87. The lowest BCUT2D eigenvalue weighted by Crippen LogP contribution is -2.34. The molecule has 8 heteroatoms. The third-order valence-electron chi connectivity index (χ3n) is 3.41. The fraction of sp³-hybridized carbons (Fsp3) is 0.278. The number of para-hydroxylation sites is 1. The van der Waals surface area contributed by atoms with Crippen LogP contribution < -0.4 is 15.4 Å². The van der Waals surface area contributed by atoms with Gasteiger partial charge < -0.3 is 24.5 Å². The molecule has 2 aromatic rings. The van der Waals surface area contributed by atoms with Gasteiger partial charge in [-0.3, -0.25) is 14.4 Å². The van der Waals surface area contributed by atoms with E-state index in [2.05, 4.69) is 10.6 Å². The van der Waals surface area contributed by atoms with Gasteiger partial charge in [0.2, 0.25) is 0 Å². The Bertz CT molecular complexity index is 742. The quantitative estimate of drug-likeness (QED) is 0.644. The van der Waals surface area contributed by atoms with Gasteiger partial charge in [0.25, 0.3) is 11.8 Å². The first kappa shape index (κ1) is 19.0. The number of carbonyl (C=O) groups excluding carboxylic acids is 3. The summed E-state index contributed by atoms with van der Waals surface area (Å²) in [7, 11) is 1.58. The number of benzene rings is 1. The summed E-state index contributed by atoms with van der Waals surface area (Å²) in [4.78, 5) is 34.8. The van der Waals surface area contributed by atoms with Crippen LogP contribution in [0.2, 0.25) is 0 Å². The first-order chi connectivity index (χ1) is 12.6. The summed E-state index contributed by atoms with van der Waals surface area (Å²) < 4.78 is 14.9. The van der Waals surface area contributed by atoms with Crippen LogP contribution in [0.15, 0.2) is 47.1 Å². The molecule has 1 aromatic carbocycles. The van der Waals surface area contributed by atoms with Gasteiger partial charge in [-0.2, -0.15) is 0 Å². The van der Waals surface area contributed by atoms with Gasteiger partial charge in [0, 0.05) is 6.54 Å². The third-order valence-corrected chi connectivity index (χ3v) is 3.41. The molecule has 0 fully saturated rings. The normalized spacial score (nSPS) is 10.0. The van der Waals surface area contributed by atoms with Gasteiger partial charge in [-0.05, 0) is 30.2 Å². The summed E-state index contributed by atoms with van der Waals surface area (Å²) in [5, 5.41) is 4.98. The highest BCUT2D eigenvalue weighted by atomic mass is 16.5. The number of hydrogen-bond donors (Lipinski definition) is 2. The highest BCUT2D eigenvalue weighted by molar-refractivity contribution is 5.93. The molecule has 8 nitrogen and oxygen atoms in total. The van der Waals surface area contributed by atoms with Gasteiger partial charge in [-0.1, -0.05) is 18.2 Å². The number of furan rings is 1. The molecule has 2 amide bonds. The van der Waals surface area contributed by atoms with Crippen LogP contribution in [0, 0.1) is 0 Å². The van der Waals surface area contributed by atoms with Crippen molar-refractivity contribution in [2.24, 2.45) is 0 Å². The molecular formula is C18H20N2O6. The Balaban J connectivity index is 1.62. The molecule has 1 aromatic heterocycles. The van der Waals surface area contributed by atoms with Gasteiger partial charge in [0.1, 0.15) is 12.3 Å². The highest BCUT2D eigenvalue weighted by Crippen LogP contribution is 2.17. The van der Waals surface area contributed by atoms with Gasteiger partial charge in [0.05, 0.1) is 13.4 Å². The Hall–Kier alpha value is -3.29. The molecule has 0 atom stereocenters. The van der Waals surface area contributed by atoms with Crippen molar-refractivity contribution in [1.29, 1.82) is 0 Å². The minimum absolute atomic E-state index is 0.0897. The smallest absolute Gasteiger partial charge is 0.325 e. The fourth-order valence-electron chi connectivity index (χ4n) is 2.14. The molecule has 0 spiro atoms. The molecule has 0 aliphatic rings. The second-order valence-electron chi connectivity index (χ2n) is 5.23. The van der Waals surface area contributed by atoms with Gasteiger partial charge in [0.15, 0.2) is 12.4 Å². The van der Waals surface area contributed by atoms with Crippen molar-refractivity contribution in [1.82, 2.24) is 10.6 Å². The molecule has 0 aliphatic heterocycles. The van der Waals surface area contributed by atoms with Crippen LogP contribution in [0.4, 0.5) is 0 Å². The first-order valence-corrected chi connectivity index (χ1v) is 7.96. The fourth-order valence-corrected chi connectivity index (χ4v) is 2.14. The molecule has 2 rings (SSSR count). The van der Waals surface area contributed by atoms with Crippen molar-refractivity contribution in [3.05, 3.63) is 54.0 Å². The maximum absolute atomic E-state index is 11.7. The first-order valence-electron chi connectivity index (χ1n) is 7.96. The van der Waals surface area contributed by atoms with E-state index in [-0.39, 0.29) is 12.3 Å². The van der Waals surface area contributed by atoms with Crippen LogP contribution in [-0.2, 0) is 20.7 Å². The lowest BCUT2D eigenvalue weighted by atomic mass is 10.1. The summed E-state index contributed by atoms with van der Waals surface area (Å²) in [6.07, 6.45) is 1.94. The van der Waals surface area contributed by atoms with E-state index in [0.29, 0.717) is 13.0 Å². The number of methoxy groups -OCH3 is 1. The minimum atomic E-state index is -0.718. The zero-order valence-electron chi connectivity index (χ0n) is 14.3. The number of nitrogens with one attached hydrogen (secondary N) is 2. The predicted molar refractivity (Wildman–Crippen MR) is 91.7 cm³/mol. The zero-order valence-corrected chi connectivity index (χ0v) is 14.3. The van der Waals surface area contributed by atoms with Crippen molar-refractivity contribution in [3.8, 4) is 5.75 Å². The van der Waals surface area contributed by atoms with Crippen LogP contribution in [0.25, 0.3) is 0 Å². The molecule has 1 heterocycles. The Labute approximate surface area is 150 Å². The van der Waals surface area contributed by atoms with Gasteiger partial charge in [-0.15, -0.1) is 0 Å². The van der Waals surface area contributed by atoms with Crippen LogP contribution in [0.3, 0.4) is 0 Å². The Morgan fingerprint density at radius 3 is 2.62 bits per heavy atom. The lowest BCUT2D eigenvalue weighted by Gasteiger charge is -2.09. The second-order valence-corrected chi connectivity index (χ2v) is 5.23. The van der Waals surface area contributed by atoms with Crippen molar-refractivity contribution >= 4 is 17.8 Å². The van der Waals surface area contributed by atoms with Crippen molar-refractivity contribution < 1.29 is 28.3 Å². The van der Waals surface area contributed by atoms with Crippen molar-refractivity contribution in [2.75, 3.05) is 26.8 Å². The maximum atomic E-state index is 11.7. The molecule has 0 aliphatic carbocycles. The van der Waals surface area contributed by atoms with Crippen molar-refractivity contribution in [3.63, 3.8) is 0 Å². The van der Waals surface area contributed by atoms with Crippen LogP contribution in [0.5, 0.6) is 5.75 Å². The van der Waals surface area contributed by atoms with Gasteiger partial charge >= 0.3 is 5.97 Å². The van der Waals surface area contributed by atoms with Crippen LogP contribution >= 0.6 is 0 Å². The van der Waals surface area contributed by atoms with E-state index in [4.69, 9.17) is 13.9 Å². The standard InChI is InChI=1S/C18H20N2O6/c1-24-14-6-3-2-5-13(14)8-9-19-16(21)12-26-17(22)11-20-18(23)15-7-4-10-25-15/h2-7,10H,8-9,11-12H2,1H3,(H,19,21)(H,20,23). The van der Waals surface area contributed by atoms with Crippen LogP contribution in [-0.4, -0.2) is 44.6 Å². The van der Waals surface area contributed by atoms with E-state index >= 15 is 0 Å². The largest absolute Gasteiger partial charge is 0.496 e. The SMILES string of the molecule is COc1ccccc1CCNC(=O)COC(=O)CNC(=O)c1ccco1. The Morgan fingerprint density at radius 2 is 1.88 bits per heavy atom. The predicted octanol–water partition coefficient (Wildman–Crippen LogP) is 0.920. The molecule has 26 heavy (non-hydrogen) atoms. The molecular weight excluding hydrogens is 340 g/mol. The average Bonchev–Trinajstić information content (AvgIpc) is 3.19. The monoisotopic (exact) mass is 360 g/mol. The number of amides is 2. The molecule has 0 unspecified atom stereocenters. The number of esters is 1. The summed E-state index contributed by atoms with van der Waals surface area (Å²) >= 11 is 0. The molecule has 0 saturated heterocycles. The maximum Gasteiger partial charge on any atom is 0.325 e. The summed E-state index contributed by atoms with van der Waals surface area (Å²) in [5.41, 5.74) is 0.966. The van der Waals surface area contributed by atoms with E-state index in [1.807, 2.05) is 24.3 Å². The van der Waals surface area contributed by atoms with E-state index in [0.717, 1.165) is 11.3 Å². The number of rotatable bonds is 9. The Kier molecular flexibility index (Phi) is 7.23. The molecule has 0 radical (unpaired) electrons. The molecule has 138 valence electrons. The average molecular weight is 360 g/mol. The molecule has 2 N–H and O–H groups in total. The van der Waals surface area contributed by atoms with E-state index < -0.39 is 24.4 Å². The lowest BCUT2D eigenvalue weighted by molar-refractivity contribution is -0.147. The zero-order chi connectivity index (χ0) is 18.8. The number of carbonyl (C=O) groups is 3. The Morgan fingerprint density at radius 1 is 1.08 bits per heavy atom. The van der Waals surface area contributed by atoms with Crippen LogP contribution in [0.1, 0.15) is 16.1 Å². The van der Waals surface area contributed by atoms with E-state index in [9.17, 15) is 14.4 Å². The van der Waals surface area contributed by atoms with E-state index in [1.54, 1.807) is 13.2 Å². The number of hydrogen-bond acceptors (Lipinski definition) is 6. The van der Waals surface area contributed by atoms with E-state index in [1.165, 1.54) is 12.3 Å². The summed E-state index contributed by atoms with van der Waals surface area (Å²) in [6, 6.07) is 10.5. The summed E-state index contributed by atoms with van der Waals surface area (Å²) in [6.45, 7) is -0.388. The third kappa shape index (κ3) is 5.97. The topological polar surface area (TPSA) is 107 Å². The minimum Gasteiger partial charge on any atom is -0.496 e. The summed E-state index contributed by atoms with van der Waals surface area (Å²) in [5.74, 6) is -0.837. The van der Waals surface area contributed by atoms with Crippen molar-refractivity contribution in [2.45, 2.75) is 6.42 Å². The highest BCUT2D eigenvalue weighted by Gasteiger charge is 2.12.